The molecule has 0 aliphatic heterocycles. The van der Waals surface area contributed by atoms with Gasteiger partial charge in [-0.1, -0.05) is 105 Å². The smallest absolute Gasteiger partial charge is 0.326 e. The Labute approximate surface area is 655 Å². The van der Waals surface area contributed by atoms with Crippen LogP contribution in [0.5, 0.6) is 0 Å². The zero-order chi connectivity index (χ0) is 84.6. The largest absolute Gasteiger partial charge is 0.481 e. The number of guanidine groups is 3. The number of ketones is 1. The third kappa shape index (κ3) is 28.6. The van der Waals surface area contributed by atoms with Gasteiger partial charge in [0, 0.05) is 72.7 Å². The summed E-state index contributed by atoms with van der Waals surface area (Å²) < 4.78 is 76.4. The van der Waals surface area contributed by atoms with Gasteiger partial charge in [-0.05, 0) is 80.9 Å². The molecule has 115 heavy (non-hydrogen) atoms. The highest BCUT2D eigenvalue weighted by Gasteiger charge is 2.39. The number of carbonyl (C=O) groups is 12. The Balaban J connectivity index is 1.29. The van der Waals surface area contributed by atoms with Gasteiger partial charge in [-0.25, -0.2) is 26.7 Å². The number of benzene rings is 4. The highest BCUT2D eigenvalue weighted by atomic mass is 19.2. The topological polar surface area (TPSA) is 622 Å². The Morgan fingerprint density at radius 3 is 1.32 bits per heavy atom. The van der Waals surface area contributed by atoms with E-state index >= 15 is 27.2 Å². The molecular weight excluding hydrogens is 1520 g/mol. The maximum absolute atomic E-state index is 15.8. The summed E-state index contributed by atoms with van der Waals surface area (Å²) in [5.41, 5.74) is 22.9. The van der Waals surface area contributed by atoms with Crippen molar-refractivity contribution in [3.63, 3.8) is 0 Å². The van der Waals surface area contributed by atoms with Crippen LogP contribution in [-0.4, -0.2) is 207 Å². The third-order valence-corrected chi connectivity index (χ3v) is 18.8. The van der Waals surface area contributed by atoms with Crippen LogP contribution in [0.4, 0.5) is 22.0 Å². The number of carbonyl (C=O) groups excluding carboxylic acids is 10. The van der Waals surface area contributed by atoms with Gasteiger partial charge in [0.2, 0.25) is 59.0 Å². The second-order valence-electron chi connectivity index (χ2n) is 27.4. The minimum absolute atomic E-state index is 0.0213. The Morgan fingerprint density at radius 2 is 0.835 bits per heavy atom. The van der Waals surface area contributed by atoms with Crippen molar-refractivity contribution in [2.75, 3.05) is 32.8 Å². The van der Waals surface area contributed by atoms with E-state index in [1.807, 2.05) is 0 Å². The Bertz CT molecular complexity index is 4260. The molecule has 0 bridgehead atoms. The van der Waals surface area contributed by atoms with Gasteiger partial charge in [0.25, 0.3) is 0 Å². The molecule has 0 unspecified atom stereocenters. The molecule has 41 heteroatoms. The molecule has 624 valence electrons. The Morgan fingerprint density at radius 1 is 0.443 bits per heavy atom. The number of aromatic amines is 1. The van der Waals surface area contributed by atoms with Crippen LogP contribution in [0, 0.1) is 51.2 Å². The lowest BCUT2D eigenvalue weighted by atomic mass is 9.84. The average Bonchev–Trinajstić information content (AvgIpc) is 1.67. The molecule has 5 aromatic rings. The number of aliphatic hydroxyl groups excluding tert-OH is 2. The number of amides is 9. The summed E-state index contributed by atoms with van der Waals surface area (Å²) in [6.45, 7) is -2.68. The fourth-order valence-electron chi connectivity index (χ4n) is 12.6. The molecule has 9 amide bonds. The molecule has 0 spiro atoms. The number of para-hydroxylation sites is 1. The van der Waals surface area contributed by atoms with Crippen molar-refractivity contribution in [1.82, 2.24) is 68.8 Å². The first kappa shape index (κ1) is 91.5. The number of nitrogens with one attached hydrogen (secondary N) is 16. The van der Waals surface area contributed by atoms with Crippen LogP contribution in [0.2, 0.25) is 0 Å². The summed E-state index contributed by atoms with van der Waals surface area (Å²) in [6.07, 6.45) is -0.897. The van der Waals surface area contributed by atoms with Crippen molar-refractivity contribution in [2.45, 2.75) is 170 Å². The number of aliphatic hydroxyl groups is 2. The first-order chi connectivity index (χ1) is 54.7. The predicted molar refractivity (Wildman–Crippen MR) is 405 cm³/mol. The summed E-state index contributed by atoms with van der Waals surface area (Å²) in [6, 6.07) is 2.66. The zero-order valence-electron chi connectivity index (χ0n) is 62.4. The number of hydrogen-bond acceptors (Lipinski definition) is 18. The second-order valence-corrected chi connectivity index (χ2v) is 27.4. The number of carboxylic acid groups (broad SMARTS) is 2. The quantitative estimate of drug-likeness (QED) is 0.00401. The summed E-state index contributed by atoms with van der Waals surface area (Å²) in [5.74, 6) is -29.1. The SMILES string of the molecule is N=C(N)NCCC[C@@H](NC(=O)[C@@H](CCCNC(=N)N)NC(=O)[C@@H](CCC(=O)O)NC(=O)[C@@H](CCCNC(=N)N)NC(=O)[C@@H](CC1CCCCC1)NC(=O)[C@@H](Cc1c(F)c(F)c(F)c(F)c1F)NC(=O)[C@@H](CO)NC(=O)[C@@H](Cc1c[nH]c2ccccc12)NC(=O)[C@@H](CO)NC(=O)[C@H](N)Cc1ccc(C(=O)c2ccccc2)cc1)C(=O)O. The van der Waals surface area contributed by atoms with E-state index in [4.69, 9.17) is 39.2 Å². The number of aromatic nitrogens is 1. The molecule has 1 fully saturated rings. The van der Waals surface area contributed by atoms with Crippen molar-refractivity contribution in [3.05, 3.63) is 142 Å². The van der Waals surface area contributed by atoms with Gasteiger partial charge in [0.15, 0.2) is 46.9 Å². The number of H-pyrrole nitrogens is 1. The van der Waals surface area contributed by atoms with Crippen LogP contribution in [0.25, 0.3) is 10.9 Å². The minimum atomic E-state index is -2.62. The number of aliphatic carboxylic acids is 2. The predicted octanol–water partition coefficient (Wildman–Crippen LogP) is -1.49. The lowest BCUT2D eigenvalue weighted by Gasteiger charge is -2.30. The Hall–Kier alpha value is -12.4. The monoisotopic (exact) mass is 1620 g/mol. The van der Waals surface area contributed by atoms with Crippen LogP contribution >= 0.6 is 0 Å². The van der Waals surface area contributed by atoms with Crippen molar-refractivity contribution >= 4 is 99.7 Å². The molecule has 1 aliphatic rings. The van der Waals surface area contributed by atoms with Crippen LogP contribution < -0.4 is 86.7 Å². The van der Waals surface area contributed by atoms with E-state index in [2.05, 4.69) is 68.8 Å². The van der Waals surface area contributed by atoms with Crippen molar-refractivity contribution < 1.29 is 99.9 Å². The number of rotatable bonds is 46. The lowest BCUT2D eigenvalue weighted by Crippen LogP contribution is -2.62. The molecule has 0 radical (unpaired) electrons. The standard InChI is InChI=1S/C74H97F5N20O16/c75-56-43(57(76)59(78)60(79)58(56)77)33-52(97-70(113)54(36-101)99-67(110)51(32-41-34-90-45-17-8-7-16-42(41)45)96-69(112)53(35-100)98-62(105)44(80)30-38-21-23-40(24-22-38)61(104)39-14-5-2-6-15-39)68(111)95-50(31-37-12-3-1-4-13-37)66(109)92-46(18-9-27-87-72(81)82)63(106)93-48(25-26-55(102)103)65(108)91-47(19-10-28-88-73(83)84)64(107)94-49(71(114)115)20-11-29-89-74(85)86/h2,5-8,14-17,21-24,34,37,44,46-54,90,100-101H,1,3-4,9-13,18-20,25-33,35-36,80H2,(H,91,108)(H,92,109)(H,93,106)(H,94,107)(H,95,111)(H,96,112)(H,97,113)(H,98,105)(H,99,110)(H,102,103)(H,114,115)(H4,81,82,87)(H4,83,84,88)(H4,85,86,89)/t44-,46-,47-,48-,49-,50-,51-,52-,53-,54-/m1/s1. The number of nitrogens with two attached hydrogens (primary N) is 4. The fourth-order valence-corrected chi connectivity index (χ4v) is 12.6. The van der Waals surface area contributed by atoms with Gasteiger partial charge in [0.1, 0.15) is 54.4 Å². The highest BCUT2D eigenvalue weighted by Crippen LogP contribution is 2.29. The van der Waals surface area contributed by atoms with Crippen LogP contribution in [-0.2, 0) is 72.0 Å². The summed E-state index contributed by atoms with van der Waals surface area (Å²) in [7, 11) is 0. The van der Waals surface area contributed by atoms with E-state index in [9.17, 15) is 72.8 Å². The van der Waals surface area contributed by atoms with Gasteiger partial charge in [-0.2, -0.15) is 0 Å². The van der Waals surface area contributed by atoms with Gasteiger partial charge >= 0.3 is 11.9 Å². The number of halogens is 5. The summed E-state index contributed by atoms with van der Waals surface area (Å²) in [5, 5.41) is 92.5. The lowest BCUT2D eigenvalue weighted by molar-refractivity contribution is -0.142. The second kappa shape index (κ2) is 45.3. The van der Waals surface area contributed by atoms with E-state index in [0.29, 0.717) is 58.8 Å². The number of hydrogen-bond donors (Lipinski definition) is 24. The zero-order valence-corrected chi connectivity index (χ0v) is 62.4. The molecule has 1 aliphatic carbocycles. The van der Waals surface area contributed by atoms with Crippen LogP contribution in [0.3, 0.4) is 0 Å². The summed E-state index contributed by atoms with van der Waals surface area (Å²) >= 11 is 0. The Kier molecular flexibility index (Phi) is 36.1. The van der Waals surface area contributed by atoms with Gasteiger partial charge in [-0.3, -0.25) is 69.0 Å². The van der Waals surface area contributed by atoms with E-state index in [1.54, 1.807) is 66.7 Å². The van der Waals surface area contributed by atoms with Gasteiger partial charge < -0.3 is 112 Å². The van der Waals surface area contributed by atoms with E-state index in [0.717, 1.165) is 6.42 Å². The molecular formula is C74H97F5N20O16. The van der Waals surface area contributed by atoms with Crippen LogP contribution in [0.1, 0.15) is 123 Å². The van der Waals surface area contributed by atoms with Gasteiger partial charge in [-0.15, -0.1) is 0 Å². The van der Waals surface area contributed by atoms with Crippen LogP contribution in [0.15, 0.2) is 85.1 Å². The maximum atomic E-state index is 15.8. The van der Waals surface area contributed by atoms with E-state index in [1.165, 1.54) is 18.3 Å². The molecule has 4 aromatic carbocycles. The fraction of sp³-hybridized carbons (Fsp3) is 0.446. The van der Waals surface area contributed by atoms with Crippen molar-refractivity contribution in [1.29, 1.82) is 16.2 Å². The normalized spacial score (nSPS) is 14.6. The molecule has 36 nitrogen and oxygen atoms in total. The van der Waals surface area contributed by atoms with E-state index in [-0.39, 0.29) is 70.4 Å². The highest BCUT2D eigenvalue weighted by molar-refractivity contribution is 6.09. The summed E-state index contributed by atoms with van der Waals surface area (Å²) in [4.78, 5) is 170. The maximum Gasteiger partial charge on any atom is 0.326 e. The molecule has 0 saturated heterocycles. The molecule has 1 saturated carbocycles. The third-order valence-electron chi connectivity index (χ3n) is 18.8. The molecule has 6 rings (SSSR count). The number of carboxylic acids is 2. The number of fused-ring (bicyclic) bond motifs is 1. The molecule has 1 heterocycles. The first-order valence-electron chi connectivity index (χ1n) is 36.8. The van der Waals surface area contributed by atoms with E-state index < -0.39 is 229 Å². The minimum Gasteiger partial charge on any atom is -0.481 e. The molecule has 1 aromatic heterocycles. The van der Waals surface area contributed by atoms with Crippen molar-refractivity contribution in [3.8, 4) is 0 Å². The molecule has 28 N–H and O–H groups in total. The average molecular weight is 1620 g/mol. The van der Waals surface area contributed by atoms with Gasteiger partial charge in [0.05, 0.1) is 19.3 Å². The molecule has 10 atom stereocenters. The van der Waals surface area contributed by atoms with Crippen molar-refractivity contribution in [2.24, 2.45) is 28.9 Å². The first-order valence-corrected chi connectivity index (χ1v) is 36.8.